The van der Waals surface area contributed by atoms with Crippen LogP contribution >= 0.6 is 0 Å². The fourth-order valence-electron chi connectivity index (χ4n) is 2.05. The zero-order chi connectivity index (χ0) is 13.4. The lowest BCUT2D eigenvalue weighted by Gasteiger charge is -2.03. The number of carbonyl (C=O) groups is 1. The molecule has 1 aromatic heterocycles. The van der Waals surface area contributed by atoms with Gasteiger partial charge in [0.15, 0.2) is 17.9 Å². The maximum absolute atomic E-state index is 13.8. The first-order valence-corrected chi connectivity index (χ1v) is 6.15. The van der Waals surface area contributed by atoms with Crippen molar-refractivity contribution >= 4 is 6.29 Å². The summed E-state index contributed by atoms with van der Waals surface area (Å²) in [5.74, 6) is -1.45. The quantitative estimate of drug-likeness (QED) is 0.794. The Balaban J connectivity index is 1.94. The maximum atomic E-state index is 13.8. The lowest BCUT2D eigenvalue weighted by Crippen LogP contribution is -1.99. The van der Waals surface area contributed by atoms with E-state index in [1.165, 1.54) is 31.2 Å². The fourth-order valence-corrected chi connectivity index (χ4v) is 2.05. The SMILES string of the molecule is O=Cc1ccc(-c2cnn(CC3CC3)c2)c(F)c1F. The van der Waals surface area contributed by atoms with Crippen molar-refractivity contribution in [3.8, 4) is 11.1 Å². The number of nitrogens with zero attached hydrogens (tertiary/aromatic N) is 2. The van der Waals surface area contributed by atoms with Crippen molar-refractivity contribution in [1.29, 1.82) is 0 Å². The van der Waals surface area contributed by atoms with Crippen LogP contribution in [0, 0.1) is 17.6 Å². The first kappa shape index (κ1) is 12.0. The molecule has 0 saturated heterocycles. The molecule has 1 aliphatic rings. The number of hydrogen-bond donors (Lipinski definition) is 0. The monoisotopic (exact) mass is 262 g/mol. The second-order valence-corrected chi connectivity index (χ2v) is 4.84. The van der Waals surface area contributed by atoms with Crippen LogP contribution in [-0.2, 0) is 6.54 Å². The number of halogens is 2. The first-order chi connectivity index (χ1) is 9.19. The minimum atomic E-state index is -1.11. The van der Waals surface area contributed by atoms with E-state index in [0.29, 0.717) is 17.8 Å². The third-order valence-electron chi connectivity index (χ3n) is 3.33. The average Bonchev–Trinajstić information content (AvgIpc) is 3.10. The minimum absolute atomic E-state index is 0.130. The molecule has 1 fully saturated rings. The van der Waals surface area contributed by atoms with Crippen LogP contribution in [0.5, 0.6) is 0 Å². The molecule has 1 saturated carbocycles. The molecule has 0 atom stereocenters. The van der Waals surface area contributed by atoms with Gasteiger partial charge in [0.25, 0.3) is 0 Å². The first-order valence-electron chi connectivity index (χ1n) is 6.15. The van der Waals surface area contributed by atoms with Crippen molar-refractivity contribution < 1.29 is 13.6 Å². The Kier molecular flexibility index (Phi) is 2.89. The number of rotatable bonds is 4. The zero-order valence-corrected chi connectivity index (χ0v) is 10.1. The maximum Gasteiger partial charge on any atom is 0.169 e. The Morgan fingerprint density at radius 3 is 2.79 bits per heavy atom. The second kappa shape index (κ2) is 4.57. The van der Waals surface area contributed by atoms with Gasteiger partial charge in [-0.25, -0.2) is 8.78 Å². The highest BCUT2D eigenvalue weighted by Gasteiger charge is 2.22. The van der Waals surface area contributed by atoms with E-state index in [1.807, 2.05) is 0 Å². The summed E-state index contributed by atoms with van der Waals surface area (Å²) in [6.07, 6.45) is 5.93. The third kappa shape index (κ3) is 2.28. The molecule has 3 rings (SSSR count). The van der Waals surface area contributed by atoms with Crippen molar-refractivity contribution in [3.05, 3.63) is 41.7 Å². The minimum Gasteiger partial charge on any atom is -0.298 e. The van der Waals surface area contributed by atoms with Crippen LogP contribution in [0.1, 0.15) is 23.2 Å². The van der Waals surface area contributed by atoms with Gasteiger partial charge in [-0.1, -0.05) is 6.07 Å². The van der Waals surface area contributed by atoms with E-state index < -0.39 is 11.6 Å². The smallest absolute Gasteiger partial charge is 0.169 e. The molecule has 98 valence electrons. The van der Waals surface area contributed by atoms with E-state index in [1.54, 1.807) is 10.9 Å². The highest BCUT2D eigenvalue weighted by Crippen LogP contribution is 2.31. The second-order valence-electron chi connectivity index (χ2n) is 4.84. The lowest BCUT2D eigenvalue weighted by molar-refractivity contribution is 0.111. The fraction of sp³-hybridized carbons (Fsp3) is 0.286. The lowest BCUT2D eigenvalue weighted by atomic mass is 10.1. The van der Waals surface area contributed by atoms with E-state index >= 15 is 0 Å². The summed E-state index contributed by atoms with van der Waals surface area (Å²) < 4.78 is 29.1. The number of aromatic nitrogens is 2. The molecule has 3 nitrogen and oxygen atoms in total. The van der Waals surface area contributed by atoms with Gasteiger partial charge in [-0.15, -0.1) is 0 Å². The van der Waals surface area contributed by atoms with Crippen LogP contribution in [0.4, 0.5) is 8.78 Å². The number of hydrogen-bond acceptors (Lipinski definition) is 2. The summed E-state index contributed by atoms with van der Waals surface area (Å²) in [7, 11) is 0. The van der Waals surface area contributed by atoms with E-state index in [4.69, 9.17) is 0 Å². The molecular formula is C14H12F2N2O. The molecule has 0 spiro atoms. The van der Waals surface area contributed by atoms with Crippen LogP contribution in [0.25, 0.3) is 11.1 Å². The Bertz CT molecular complexity index is 632. The van der Waals surface area contributed by atoms with Crippen LogP contribution in [0.2, 0.25) is 0 Å². The summed E-state index contributed by atoms with van der Waals surface area (Å²) in [6.45, 7) is 0.816. The van der Waals surface area contributed by atoms with Gasteiger partial charge in [0.05, 0.1) is 11.8 Å². The van der Waals surface area contributed by atoms with Gasteiger partial charge in [-0.05, 0) is 24.8 Å². The summed E-state index contributed by atoms with van der Waals surface area (Å²) in [5, 5.41) is 4.14. The van der Waals surface area contributed by atoms with Crippen molar-refractivity contribution in [1.82, 2.24) is 9.78 Å². The average molecular weight is 262 g/mol. The standard InChI is InChI=1S/C14H12F2N2O/c15-13-10(8-19)3-4-12(14(13)16)11-5-17-18(7-11)6-9-1-2-9/h3-5,7-9H,1-2,6H2. The molecule has 0 unspecified atom stereocenters. The number of benzene rings is 1. The summed E-state index contributed by atoms with van der Waals surface area (Å²) >= 11 is 0. The molecule has 0 aliphatic heterocycles. The topological polar surface area (TPSA) is 34.9 Å². The van der Waals surface area contributed by atoms with Gasteiger partial charge in [0.2, 0.25) is 0 Å². The third-order valence-corrected chi connectivity index (χ3v) is 3.33. The van der Waals surface area contributed by atoms with Crippen molar-refractivity contribution in [3.63, 3.8) is 0 Å². The predicted molar refractivity (Wildman–Crippen MR) is 65.7 cm³/mol. The highest BCUT2D eigenvalue weighted by atomic mass is 19.2. The molecule has 0 bridgehead atoms. The molecule has 1 aliphatic carbocycles. The van der Waals surface area contributed by atoms with E-state index in [-0.39, 0.29) is 11.1 Å². The Morgan fingerprint density at radius 1 is 1.32 bits per heavy atom. The summed E-state index contributed by atoms with van der Waals surface area (Å²) in [4.78, 5) is 10.5. The highest BCUT2D eigenvalue weighted by molar-refractivity contribution is 5.77. The van der Waals surface area contributed by atoms with Gasteiger partial charge in [-0.3, -0.25) is 9.48 Å². The predicted octanol–water partition coefficient (Wildman–Crippen LogP) is 3.05. The van der Waals surface area contributed by atoms with Crippen LogP contribution in [-0.4, -0.2) is 16.1 Å². The van der Waals surface area contributed by atoms with Gasteiger partial charge < -0.3 is 0 Å². The van der Waals surface area contributed by atoms with Gasteiger partial charge in [-0.2, -0.15) is 5.10 Å². The van der Waals surface area contributed by atoms with Crippen LogP contribution in [0.3, 0.4) is 0 Å². The summed E-state index contributed by atoms with van der Waals surface area (Å²) in [5.41, 5.74) is 0.381. The molecule has 1 heterocycles. The van der Waals surface area contributed by atoms with E-state index in [2.05, 4.69) is 5.10 Å². The molecule has 2 aromatic rings. The van der Waals surface area contributed by atoms with E-state index in [0.717, 1.165) is 6.54 Å². The Labute approximate surface area is 108 Å². The van der Waals surface area contributed by atoms with Crippen LogP contribution < -0.4 is 0 Å². The molecule has 1 aromatic carbocycles. The molecule has 0 N–H and O–H groups in total. The van der Waals surface area contributed by atoms with Crippen molar-refractivity contribution in [2.45, 2.75) is 19.4 Å². The zero-order valence-electron chi connectivity index (χ0n) is 10.1. The molecule has 19 heavy (non-hydrogen) atoms. The molecule has 0 radical (unpaired) electrons. The van der Waals surface area contributed by atoms with Gasteiger partial charge in [0.1, 0.15) is 0 Å². The van der Waals surface area contributed by atoms with Crippen molar-refractivity contribution in [2.24, 2.45) is 5.92 Å². The largest absolute Gasteiger partial charge is 0.298 e. The molecule has 5 heteroatoms. The van der Waals surface area contributed by atoms with Crippen LogP contribution in [0.15, 0.2) is 24.5 Å². The Morgan fingerprint density at radius 2 is 2.11 bits per heavy atom. The Hall–Kier alpha value is -2.04. The van der Waals surface area contributed by atoms with Gasteiger partial charge >= 0.3 is 0 Å². The normalized spacial score (nSPS) is 14.6. The van der Waals surface area contributed by atoms with Gasteiger partial charge in [0, 0.05) is 23.9 Å². The van der Waals surface area contributed by atoms with Crippen molar-refractivity contribution in [2.75, 3.05) is 0 Å². The number of aldehydes is 1. The molecule has 0 amide bonds. The molecular weight excluding hydrogens is 250 g/mol. The summed E-state index contributed by atoms with van der Waals surface area (Å²) in [6, 6.07) is 2.68. The number of carbonyl (C=O) groups excluding carboxylic acids is 1. The van der Waals surface area contributed by atoms with E-state index in [9.17, 15) is 13.6 Å².